The van der Waals surface area contributed by atoms with Crippen molar-refractivity contribution in [2.75, 3.05) is 25.0 Å². The normalized spacial score (nSPS) is 18.0. The minimum absolute atomic E-state index is 0.0629. The zero-order valence-corrected chi connectivity index (χ0v) is 18.5. The fourth-order valence-electron chi connectivity index (χ4n) is 3.51. The average molecular weight is 408 g/mol. The van der Waals surface area contributed by atoms with Crippen LogP contribution in [0.2, 0.25) is 0 Å². The molecular weight excluding hydrogens is 374 g/mol. The highest BCUT2D eigenvalue weighted by Crippen LogP contribution is 2.26. The van der Waals surface area contributed by atoms with Gasteiger partial charge in [-0.25, -0.2) is 4.79 Å². The van der Waals surface area contributed by atoms with Crippen LogP contribution in [0.4, 0.5) is 10.5 Å². The van der Waals surface area contributed by atoms with E-state index in [4.69, 9.17) is 4.74 Å². The van der Waals surface area contributed by atoms with E-state index in [2.05, 4.69) is 49.3 Å². The highest BCUT2D eigenvalue weighted by Gasteiger charge is 2.24. The van der Waals surface area contributed by atoms with Gasteiger partial charge in [-0.1, -0.05) is 44.6 Å². The Labute approximate surface area is 180 Å². The first-order valence-electron chi connectivity index (χ1n) is 10.8. The number of anilines is 1. The third-order valence-corrected chi connectivity index (χ3v) is 5.42. The molecule has 1 atom stereocenters. The summed E-state index contributed by atoms with van der Waals surface area (Å²) in [5.74, 6) is 1.87. The first-order chi connectivity index (χ1) is 14.4. The number of nitrogens with zero attached hydrogens (tertiary/aromatic N) is 2. The molecule has 160 valence electrons. The molecule has 0 bridgehead atoms. The molecule has 0 aliphatic carbocycles. The maximum absolute atomic E-state index is 12.6. The Balaban J connectivity index is 1.57. The second-order valence-corrected chi connectivity index (χ2v) is 8.54. The lowest BCUT2D eigenvalue weighted by Gasteiger charge is -2.33. The maximum atomic E-state index is 12.6. The number of urea groups is 1. The van der Waals surface area contributed by atoms with Crippen LogP contribution >= 0.6 is 0 Å². The van der Waals surface area contributed by atoms with E-state index < -0.39 is 0 Å². The molecule has 1 aliphatic rings. The van der Waals surface area contributed by atoms with Gasteiger partial charge < -0.3 is 15.0 Å². The molecule has 2 heterocycles. The minimum Gasteiger partial charge on any atom is -0.494 e. The number of carbonyl (C=O) groups is 1. The van der Waals surface area contributed by atoms with Crippen LogP contribution in [-0.2, 0) is 0 Å². The molecule has 1 aromatic heterocycles. The topological polar surface area (TPSA) is 54.5 Å². The summed E-state index contributed by atoms with van der Waals surface area (Å²) in [7, 11) is 0. The Morgan fingerprint density at radius 3 is 2.87 bits per heavy atom. The number of likely N-dealkylation sites (tertiary alicyclic amines) is 1. The summed E-state index contributed by atoms with van der Waals surface area (Å²) in [5, 5.41) is 2.95. The molecule has 1 aliphatic heterocycles. The number of aromatic nitrogens is 1. The molecule has 3 rings (SSSR count). The Morgan fingerprint density at radius 2 is 2.17 bits per heavy atom. The average Bonchev–Trinajstić information content (AvgIpc) is 2.71. The number of ether oxygens (including phenoxy) is 1. The van der Waals surface area contributed by atoms with E-state index in [9.17, 15) is 4.79 Å². The molecule has 2 amide bonds. The van der Waals surface area contributed by atoms with Crippen LogP contribution in [0.1, 0.15) is 44.9 Å². The largest absolute Gasteiger partial charge is 0.494 e. The van der Waals surface area contributed by atoms with Crippen molar-refractivity contribution in [2.45, 2.75) is 40.5 Å². The summed E-state index contributed by atoms with van der Waals surface area (Å²) in [4.78, 5) is 18.7. The lowest BCUT2D eigenvalue weighted by Crippen LogP contribution is -2.42. The number of carbonyl (C=O) groups excluding carboxylic acids is 1. The first kappa shape index (κ1) is 21.9. The fraction of sp³-hybridized carbons (Fsp3) is 0.440. The molecule has 1 aromatic carbocycles. The van der Waals surface area contributed by atoms with Crippen LogP contribution in [0.5, 0.6) is 5.75 Å². The Bertz CT molecular complexity index is 874. The van der Waals surface area contributed by atoms with Crippen LogP contribution in [0.15, 0.2) is 48.2 Å². The summed E-state index contributed by atoms with van der Waals surface area (Å²) >= 11 is 0. The van der Waals surface area contributed by atoms with Gasteiger partial charge in [0.15, 0.2) is 0 Å². The van der Waals surface area contributed by atoms with E-state index in [1.807, 2.05) is 36.1 Å². The summed E-state index contributed by atoms with van der Waals surface area (Å²) < 4.78 is 5.89. The Hall–Kier alpha value is -2.82. The van der Waals surface area contributed by atoms with E-state index in [1.165, 1.54) is 5.57 Å². The van der Waals surface area contributed by atoms with Gasteiger partial charge in [-0.05, 0) is 61.4 Å². The van der Waals surface area contributed by atoms with Crippen molar-refractivity contribution < 1.29 is 9.53 Å². The van der Waals surface area contributed by atoms with Crippen molar-refractivity contribution in [3.8, 4) is 5.75 Å². The van der Waals surface area contributed by atoms with Crippen molar-refractivity contribution in [2.24, 2.45) is 11.8 Å². The van der Waals surface area contributed by atoms with Gasteiger partial charge in [0.05, 0.1) is 18.5 Å². The second kappa shape index (κ2) is 10.3. The van der Waals surface area contributed by atoms with Gasteiger partial charge in [0.1, 0.15) is 5.75 Å². The van der Waals surface area contributed by atoms with Crippen molar-refractivity contribution in [3.05, 3.63) is 59.4 Å². The predicted octanol–water partition coefficient (Wildman–Crippen LogP) is 5.77. The van der Waals surface area contributed by atoms with E-state index in [0.29, 0.717) is 24.9 Å². The van der Waals surface area contributed by atoms with Crippen molar-refractivity contribution >= 4 is 17.8 Å². The molecule has 1 fully saturated rings. The molecule has 5 heteroatoms. The van der Waals surface area contributed by atoms with Crippen molar-refractivity contribution in [3.63, 3.8) is 0 Å². The van der Waals surface area contributed by atoms with E-state index >= 15 is 0 Å². The number of benzene rings is 1. The van der Waals surface area contributed by atoms with Crippen molar-refractivity contribution in [1.82, 2.24) is 9.88 Å². The van der Waals surface area contributed by atoms with Crippen LogP contribution in [0.3, 0.4) is 0 Å². The first-order valence-corrected chi connectivity index (χ1v) is 10.8. The molecule has 5 nitrogen and oxygen atoms in total. The highest BCUT2D eigenvalue weighted by atomic mass is 16.5. The monoisotopic (exact) mass is 407 g/mol. The highest BCUT2D eigenvalue weighted by molar-refractivity contribution is 5.89. The summed E-state index contributed by atoms with van der Waals surface area (Å²) in [6.45, 7) is 10.7. The molecular formula is C25H33N3O2. The maximum Gasteiger partial charge on any atom is 0.321 e. The van der Waals surface area contributed by atoms with E-state index in [-0.39, 0.29) is 6.03 Å². The molecule has 1 unspecified atom stereocenters. The summed E-state index contributed by atoms with van der Waals surface area (Å²) in [5.41, 5.74) is 4.19. The molecule has 0 radical (unpaired) electrons. The van der Waals surface area contributed by atoms with Gasteiger partial charge in [0.25, 0.3) is 0 Å². The fourth-order valence-corrected chi connectivity index (χ4v) is 3.51. The van der Waals surface area contributed by atoms with Gasteiger partial charge >= 0.3 is 6.03 Å². The van der Waals surface area contributed by atoms with Gasteiger partial charge in [0, 0.05) is 18.8 Å². The van der Waals surface area contributed by atoms with E-state index in [1.54, 1.807) is 6.20 Å². The molecule has 30 heavy (non-hydrogen) atoms. The number of hydrogen-bond donors (Lipinski definition) is 1. The lowest BCUT2D eigenvalue weighted by atomic mass is 9.91. The number of piperidine rings is 1. The van der Waals surface area contributed by atoms with E-state index in [0.717, 1.165) is 42.1 Å². The van der Waals surface area contributed by atoms with Gasteiger partial charge in [-0.15, -0.1) is 0 Å². The number of rotatable bonds is 6. The summed E-state index contributed by atoms with van der Waals surface area (Å²) in [6, 6.07) is 12.0. The van der Waals surface area contributed by atoms with Gasteiger partial charge in [-0.2, -0.15) is 0 Å². The predicted molar refractivity (Wildman–Crippen MR) is 123 cm³/mol. The quantitative estimate of drug-likeness (QED) is 0.661. The standard InChI is InChI=1S/C25H33N3O2/c1-18(2)11-13-30-24-7-5-6-21(15-24)14-22-10-12-28(17-19(22)3)25(29)27-23-9-8-20(4)26-16-23/h5-9,14-16,18-19H,10-13,17H2,1-4H3,(H,27,29)/b22-14+. The zero-order valence-electron chi connectivity index (χ0n) is 18.5. The number of amides is 2. The lowest BCUT2D eigenvalue weighted by molar-refractivity contribution is 0.198. The third-order valence-electron chi connectivity index (χ3n) is 5.42. The SMILES string of the molecule is Cc1ccc(NC(=O)N2CC/C(=C\c3cccc(OCCC(C)C)c3)C(C)C2)cn1. The smallest absolute Gasteiger partial charge is 0.321 e. The van der Waals surface area contributed by atoms with Crippen LogP contribution in [0.25, 0.3) is 6.08 Å². The Morgan fingerprint density at radius 1 is 1.33 bits per heavy atom. The second-order valence-electron chi connectivity index (χ2n) is 8.54. The van der Waals surface area contributed by atoms with Crippen LogP contribution in [-0.4, -0.2) is 35.6 Å². The number of aryl methyl sites for hydroxylation is 1. The van der Waals surface area contributed by atoms with Gasteiger partial charge in [-0.3, -0.25) is 4.98 Å². The Kier molecular flexibility index (Phi) is 7.50. The van der Waals surface area contributed by atoms with Gasteiger partial charge in [0.2, 0.25) is 0 Å². The number of hydrogen-bond acceptors (Lipinski definition) is 3. The number of pyridine rings is 1. The van der Waals surface area contributed by atoms with Crippen LogP contribution < -0.4 is 10.1 Å². The molecule has 2 aromatic rings. The van der Waals surface area contributed by atoms with Crippen LogP contribution in [0, 0.1) is 18.8 Å². The summed E-state index contributed by atoms with van der Waals surface area (Å²) in [6.07, 6.45) is 5.87. The molecule has 0 spiro atoms. The number of nitrogens with one attached hydrogen (secondary N) is 1. The molecule has 0 saturated carbocycles. The molecule has 1 saturated heterocycles. The molecule has 1 N–H and O–H groups in total. The minimum atomic E-state index is -0.0629. The third kappa shape index (κ3) is 6.34. The van der Waals surface area contributed by atoms with Crippen molar-refractivity contribution in [1.29, 1.82) is 0 Å². The zero-order chi connectivity index (χ0) is 21.5.